The molecule has 0 radical (unpaired) electrons. The van der Waals surface area contributed by atoms with Crippen LogP contribution in [0, 0.1) is 5.92 Å². The van der Waals surface area contributed by atoms with Crippen LogP contribution in [-0.2, 0) is 0 Å². The van der Waals surface area contributed by atoms with Gasteiger partial charge in [-0.25, -0.2) is 0 Å². The molecule has 2 nitrogen and oxygen atoms in total. The average molecular weight is 231 g/mol. The van der Waals surface area contributed by atoms with Gasteiger partial charge in [0, 0.05) is 13.2 Å². The first-order valence-corrected chi connectivity index (χ1v) is 6.43. The van der Waals surface area contributed by atoms with Crippen molar-refractivity contribution in [3.63, 3.8) is 0 Å². The van der Waals surface area contributed by atoms with Gasteiger partial charge in [-0.2, -0.15) is 0 Å². The van der Waals surface area contributed by atoms with Crippen molar-refractivity contribution in [2.45, 2.75) is 12.8 Å². The van der Waals surface area contributed by atoms with Crippen molar-refractivity contribution in [2.24, 2.45) is 5.92 Å². The fourth-order valence-electron chi connectivity index (χ4n) is 2.25. The quantitative estimate of drug-likeness (QED) is 0.860. The van der Waals surface area contributed by atoms with Crippen molar-refractivity contribution in [1.29, 1.82) is 0 Å². The molecule has 1 saturated heterocycles. The van der Waals surface area contributed by atoms with E-state index in [1.807, 2.05) is 6.07 Å². The molecule has 0 aliphatic carbocycles. The van der Waals surface area contributed by atoms with E-state index in [2.05, 4.69) is 41.3 Å². The van der Waals surface area contributed by atoms with Gasteiger partial charge in [-0.1, -0.05) is 42.5 Å². The Kier molecular flexibility index (Phi) is 4.77. The van der Waals surface area contributed by atoms with E-state index in [1.54, 1.807) is 0 Å². The lowest BCUT2D eigenvalue weighted by Gasteiger charge is -2.30. The minimum absolute atomic E-state index is 0.355. The lowest BCUT2D eigenvalue weighted by Crippen LogP contribution is -2.34. The van der Waals surface area contributed by atoms with E-state index in [-0.39, 0.29) is 0 Å². The molecule has 0 unspecified atom stereocenters. The molecule has 1 aromatic carbocycles. The van der Waals surface area contributed by atoms with E-state index in [1.165, 1.54) is 5.56 Å². The maximum Gasteiger partial charge on any atom is 0.0460 e. The third kappa shape index (κ3) is 3.99. The molecular weight excluding hydrogens is 210 g/mol. The summed E-state index contributed by atoms with van der Waals surface area (Å²) in [5.41, 5.74) is 1.26. The summed E-state index contributed by atoms with van der Waals surface area (Å²) in [6, 6.07) is 10.4. The first kappa shape index (κ1) is 12.3. The van der Waals surface area contributed by atoms with Crippen molar-refractivity contribution < 1.29 is 5.11 Å². The van der Waals surface area contributed by atoms with Gasteiger partial charge in [-0.05, 0) is 37.4 Å². The number of aliphatic hydroxyl groups excluding tert-OH is 1. The molecule has 0 bridgehead atoms. The number of rotatable bonds is 4. The van der Waals surface area contributed by atoms with Crippen molar-refractivity contribution in [3.05, 3.63) is 42.0 Å². The standard InChI is InChI=1S/C15H21NO/c17-13-15-8-11-16(12-9-15)10-4-7-14-5-2-1-3-6-14/h1-7,15,17H,8-13H2/b7-4+. The Hall–Kier alpha value is -1.12. The number of benzene rings is 1. The molecule has 1 aromatic rings. The summed E-state index contributed by atoms with van der Waals surface area (Å²) in [4.78, 5) is 2.45. The second-order valence-electron chi connectivity index (χ2n) is 4.74. The number of piperidine rings is 1. The Morgan fingerprint density at radius 2 is 1.88 bits per heavy atom. The van der Waals surface area contributed by atoms with Crippen molar-refractivity contribution in [1.82, 2.24) is 4.90 Å². The van der Waals surface area contributed by atoms with Gasteiger partial charge >= 0.3 is 0 Å². The lowest BCUT2D eigenvalue weighted by atomic mass is 9.98. The number of aliphatic hydroxyl groups is 1. The highest BCUT2D eigenvalue weighted by atomic mass is 16.3. The molecule has 1 fully saturated rings. The largest absolute Gasteiger partial charge is 0.396 e. The van der Waals surface area contributed by atoms with Crippen LogP contribution in [0.5, 0.6) is 0 Å². The molecule has 17 heavy (non-hydrogen) atoms. The van der Waals surface area contributed by atoms with Gasteiger partial charge in [0.2, 0.25) is 0 Å². The fourth-order valence-corrected chi connectivity index (χ4v) is 2.25. The summed E-state index contributed by atoms with van der Waals surface area (Å²) >= 11 is 0. The summed E-state index contributed by atoms with van der Waals surface area (Å²) in [5.74, 6) is 0.532. The first-order valence-electron chi connectivity index (χ1n) is 6.43. The third-order valence-corrected chi connectivity index (χ3v) is 3.44. The van der Waals surface area contributed by atoms with Crippen molar-refractivity contribution in [3.8, 4) is 0 Å². The van der Waals surface area contributed by atoms with Crippen LogP contribution in [0.4, 0.5) is 0 Å². The normalized spacial score (nSPS) is 18.9. The van der Waals surface area contributed by atoms with Crippen LogP contribution in [0.15, 0.2) is 36.4 Å². The molecule has 0 aromatic heterocycles. The van der Waals surface area contributed by atoms with Crippen LogP contribution >= 0.6 is 0 Å². The van der Waals surface area contributed by atoms with Crippen LogP contribution in [0.25, 0.3) is 6.08 Å². The third-order valence-electron chi connectivity index (χ3n) is 3.44. The molecule has 0 atom stereocenters. The number of hydrogen-bond acceptors (Lipinski definition) is 2. The second kappa shape index (κ2) is 6.58. The zero-order chi connectivity index (χ0) is 11.9. The minimum Gasteiger partial charge on any atom is -0.396 e. The predicted molar refractivity (Wildman–Crippen MR) is 71.7 cm³/mol. The average Bonchev–Trinajstić information content (AvgIpc) is 2.41. The molecule has 92 valence electrons. The van der Waals surface area contributed by atoms with Crippen LogP contribution < -0.4 is 0 Å². The Balaban J connectivity index is 1.74. The lowest BCUT2D eigenvalue weighted by molar-refractivity contribution is 0.139. The second-order valence-corrected chi connectivity index (χ2v) is 4.74. The molecular formula is C15H21NO. The topological polar surface area (TPSA) is 23.5 Å². The predicted octanol–water partition coefficient (Wildman–Crippen LogP) is 2.40. The molecule has 1 N–H and O–H groups in total. The van der Waals surface area contributed by atoms with Gasteiger partial charge in [0.25, 0.3) is 0 Å². The maximum absolute atomic E-state index is 9.07. The van der Waals surface area contributed by atoms with Gasteiger partial charge in [0.15, 0.2) is 0 Å². The molecule has 1 aliphatic heterocycles. The molecule has 0 amide bonds. The van der Waals surface area contributed by atoms with E-state index in [9.17, 15) is 0 Å². The zero-order valence-electron chi connectivity index (χ0n) is 10.3. The molecule has 2 heteroatoms. The minimum atomic E-state index is 0.355. The monoisotopic (exact) mass is 231 g/mol. The highest BCUT2D eigenvalue weighted by Gasteiger charge is 2.16. The Labute approximate surface area is 104 Å². The van der Waals surface area contributed by atoms with Gasteiger partial charge in [0.05, 0.1) is 0 Å². The maximum atomic E-state index is 9.07. The van der Waals surface area contributed by atoms with Crippen molar-refractivity contribution >= 4 is 6.08 Å². The van der Waals surface area contributed by atoms with Crippen LogP contribution in [0.3, 0.4) is 0 Å². The van der Waals surface area contributed by atoms with E-state index in [4.69, 9.17) is 5.11 Å². The van der Waals surface area contributed by atoms with E-state index < -0.39 is 0 Å². The summed E-state index contributed by atoms with van der Waals surface area (Å²) < 4.78 is 0. The summed E-state index contributed by atoms with van der Waals surface area (Å²) in [6.45, 7) is 3.61. The van der Waals surface area contributed by atoms with Gasteiger partial charge in [-0.3, -0.25) is 4.90 Å². The highest BCUT2D eigenvalue weighted by molar-refractivity contribution is 5.48. The molecule has 0 spiro atoms. The SMILES string of the molecule is OCC1CCN(C/C=C/c2ccccc2)CC1. The number of hydrogen-bond donors (Lipinski definition) is 1. The number of nitrogens with zero attached hydrogens (tertiary/aromatic N) is 1. The zero-order valence-corrected chi connectivity index (χ0v) is 10.3. The molecule has 1 heterocycles. The van der Waals surface area contributed by atoms with Gasteiger partial charge in [0.1, 0.15) is 0 Å². The first-order chi connectivity index (χ1) is 8.38. The summed E-state index contributed by atoms with van der Waals surface area (Å²) in [6.07, 6.45) is 6.68. The molecule has 2 rings (SSSR count). The van der Waals surface area contributed by atoms with Crippen molar-refractivity contribution in [2.75, 3.05) is 26.2 Å². The molecule has 1 aliphatic rings. The summed E-state index contributed by atoms with van der Waals surface area (Å²) in [7, 11) is 0. The fraction of sp³-hybridized carbons (Fsp3) is 0.467. The Morgan fingerprint density at radius 1 is 1.18 bits per heavy atom. The summed E-state index contributed by atoms with van der Waals surface area (Å²) in [5, 5.41) is 9.07. The van der Waals surface area contributed by atoms with E-state index >= 15 is 0 Å². The smallest absolute Gasteiger partial charge is 0.0460 e. The highest BCUT2D eigenvalue weighted by Crippen LogP contribution is 2.16. The Bertz CT molecular complexity index is 339. The number of likely N-dealkylation sites (tertiary alicyclic amines) is 1. The van der Waals surface area contributed by atoms with Crippen LogP contribution in [-0.4, -0.2) is 36.2 Å². The van der Waals surface area contributed by atoms with E-state index in [0.717, 1.165) is 32.5 Å². The Morgan fingerprint density at radius 3 is 2.53 bits per heavy atom. The van der Waals surface area contributed by atoms with Gasteiger partial charge < -0.3 is 5.11 Å². The van der Waals surface area contributed by atoms with Crippen LogP contribution in [0.2, 0.25) is 0 Å². The van der Waals surface area contributed by atoms with Gasteiger partial charge in [-0.15, -0.1) is 0 Å². The molecule has 0 saturated carbocycles. The van der Waals surface area contributed by atoms with Crippen LogP contribution in [0.1, 0.15) is 18.4 Å². The van der Waals surface area contributed by atoms with E-state index in [0.29, 0.717) is 12.5 Å².